The number of amides is 1. The summed E-state index contributed by atoms with van der Waals surface area (Å²) in [5.41, 5.74) is 1.06. The van der Waals surface area contributed by atoms with E-state index in [1.165, 1.54) is 28.8 Å². The number of anilines is 1. The van der Waals surface area contributed by atoms with Crippen LogP contribution in [0.1, 0.15) is 25.3 Å². The van der Waals surface area contributed by atoms with Gasteiger partial charge < -0.3 is 4.42 Å². The molecule has 0 spiro atoms. The maximum absolute atomic E-state index is 12.9. The third-order valence-corrected chi connectivity index (χ3v) is 5.58. The van der Waals surface area contributed by atoms with E-state index in [0.29, 0.717) is 17.6 Å². The van der Waals surface area contributed by atoms with Crippen LogP contribution >= 0.6 is 23.5 Å². The highest BCUT2D eigenvalue weighted by Crippen LogP contribution is 2.23. The summed E-state index contributed by atoms with van der Waals surface area (Å²) in [5.74, 6) is 0.0315. The molecule has 0 saturated carbocycles. The van der Waals surface area contributed by atoms with Gasteiger partial charge in [0.2, 0.25) is 11.8 Å². The van der Waals surface area contributed by atoms with E-state index in [-0.39, 0.29) is 23.5 Å². The van der Waals surface area contributed by atoms with Crippen LogP contribution in [-0.2, 0) is 11.2 Å². The summed E-state index contributed by atoms with van der Waals surface area (Å²) < 4.78 is 18.4. The zero-order valence-electron chi connectivity index (χ0n) is 15.5. The number of carbonyl (C=O) groups excluding carboxylic acids is 1. The van der Waals surface area contributed by atoms with Crippen molar-refractivity contribution in [2.24, 2.45) is 0 Å². The Kier molecular flexibility index (Phi) is 7.11. The van der Waals surface area contributed by atoms with Crippen LogP contribution in [0, 0.1) is 5.82 Å². The average molecular weight is 418 g/mol. The first-order valence-corrected chi connectivity index (χ1v) is 10.6. The number of nitrogens with zero attached hydrogens (tertiary/aromatic N) is 2. The minimum atomic E-state index is -0.305. The molecule has 1 N–H and O–H groups in total. The minimum Gasteiger partial charge on any atom is -0.407 e. The number of benzene rings is 2. The molecule has 0 aliphatic carbocycles. The number of thioether (sulfide) groups is 2. The van der Waals surface area contributed by atoms with E-state index in [2.05, 4.69) is 41.5 Å². The van der Waals surface area contributed by atoms with Gasteiger partial charge in [0.25, 0.3) is 0 Å². The largest absolute Gasteiger partial charge is 0.407 e. The molecule has 0 fully saturated rings. The summed E-state index contributed by atoms with van der Waals surface area (Å²) in [6.45, 7) is 4.32. The standard InChI is InChI=1S/C20H20FN3O2S2/c1-13(2)28-17-7-3-14(4-8-17)11-19-23-24-20(26-19)22-18(25)12-27-16-9-5-15(21)6-10-16/h3-10,13H,11-12H2,1-2H3,(H,22,24,25). The molecule has 1 heterocycles. The molecule has 1 aromatic heterocycles. The van der Waals surface area contributed by atoms with Crippen molar-refractivity contribution in [3.05, 3.63) is 65.8 Å². The monoisotopic (exact) mass is 417 g/mol. The lowest BCUT2D eigenvalue weighted by Crippen LogP contribution is -2.14. The zero-order chi connectivity index (χ0) is 19.9. The molecule has 0 aliphatic heterocycles. The molecule has 3 aromatic rings. The molecule has 5 nitrogen and oxygen atoms in total. The molecule has 0 aliphatic rings. The van der Waals surface area contributed by atoms with Crippen molar-refractivity contribution in [1.82, 2.24) is 10.2 Å². The SMILES string of the molecule is CC(C)Sc1ccc(Cc2nnc(NC(=O)CSc3ccc(F)cc3)o2)cc1. The van der Waals surface area contributed by atoms with E-state index in [0.717, 1.165) is 10.5 Å². The van der Waals surface area contributed by atoms with E-state index in [1.54, 1.807) is 12.1 Å². The molecule has 8 heteroatoms. The summed E-state index contributed by atoms with van der Waals surface area (Å²) in [5, 5.41) is 11.0. The van der Waals surface area contributed by atoms with Crippen LogP contribution < -0.4 is 5.32 Å². The van der Waals surface area contributed by atoms with Crippen LogP contribution in [0.25, 0.3) is 0 Å². The smallest absolute Gasteiger partial charge is 0.322 e. The van der Waals surface area contributed by atoms with Gasteiger partial charge in [0.05, 0.1) is 12.2 Å². The quantitative estimate of drug-likeness (QED) is 0.519. The van der Waals surface area contributed by atoms with E-state index in [1.807, 2.05) is 23.9 Å². The summed E-state index contributed by atoms with van der Waals surface area (Å²) in [6.07, 6.45) is 0.500. The first kappa shape index (κ1) is 20.4. The van der Waals surface area contributed by atoms with Crippen molar-refractivity contribution >= 4 is 35.4 Å². The van der Waals surface area contributed by atoms with Crippen LogP contribution in [0.15, 0.2) is 62.7 Å². The van der Waals surface area contributed by atoms with Gasteiger partial charge in [-0.1, -0.05) is 31.1 Å². The summed E-state index contributed by atoms with van der Waals surface area (Å²) in [6, 6.07) is 14.3. The maximum Gasteiger partial charge on any atom is 0.322 e. The van der Waals surface area contributed by atoms with E-state index in [4.69, 9.17) is 4.42 Å². The molecule has 0 radical (unpaired) electrons. The van der Waals surface area contributed by atoms with Gasteiger partial charge in [-0.25, -0.2) is 4.39 Å². The lowest BCUT2D eigenvalue weighted by molar-refractivity contribution is -0.113. The Balaban J connectivity index is 1.49. The van der Waals surface area contributed by atoms with Gasteiger partial charge in [-0.15, -0.1) is 28.6 Å². The number of aromatic nitrogens is 2. The second kappa shape index (κ2) is 9.75. The molecule has 0 bridgehead atoms. The third-order valence-electron chi connectivity index (χ3n) is 3.55. The molecule has 0 unspecified atom stereocenters. The van der Waals surface area contributed by atoms with Crippen molar-refractivity contribution in [2.75, 3.05) is 11.1 Å². The number of rotatable bonds is 8. The number of carbonyl (C=O) groups is 1. The topological polar surface area (TPSA) is 68.0 Å². The van der Waals surface area contributed by atoms with Crippen molar-refractivity contribution < 1.29 is 13.6 Å². The fourth-order valence-electron chi connectivity index (χ4n) is 2.34. The van der Waals surface area contributed by atoms with Crippen LogP contribution in [0.2, 0.25) is 0 Å². The average Bonchev–Trinajstić information content (AvgIpc) is 3.09. The van der Waals surface area contributed by atoms with Gasteiger partial charge in [-0.3, -0.25) is 10.1 Å². The minimum absolute atomic E-state index is 0.0756. The van der Waals surface area contributed by atoms with E-state index in [9.17, 15) is 9.18 Å². The lowest BCUT2D eigenvalue weighted by atomic mass is 10.1. The molecule has 146 valence electrons. The van der Waals surface area contributed by atoms with Gasteiger partial charge >= 0.3 is 6.01 Å². The first-order valence-electron chi connectivity index (χ1n) is 8.74. The summed E-state index contributed by atoms with van der Waals surface area (Å²) in [7, 11) is 0. The van der Waals surface area contributed by atoms with Gasteiger partial charge in [0.1, 0.15) is 5.82 Å². The fraction of sp³-hybridized carbons (Fsp3) is 0.250. The van der Waals surface area contributed by atoms with Crippen molar-refractivity contribution in [3.8, 4) is 0 Å². The summed E-state index contributed by atoms with van der Waals surface area (Å²) in [4.78, 5) is 14.0. The predicted octanol–water partition coefficient (Wildman–Crippen LogP) is 5.03. The Morgan fingerprint density at radius 1 is 1.07 bits per heavy atom. The van der Waals surface area contributed by atoms with E-state index >= 15 is 0 Å². The predicted molar refractivity (Wildman–Crippen MR) is 110 cm³/mol. The molecule has 28 heavy (non-hydrogen) atoms. The Morgan fingerprint density at radius 3 is 2.43 bits per heavy atom. The van der Waals surface area contributed by atoms with Crippen molar-refractivity contribution in [1.29, 1.82) is 0 Å². The molecular weight excluding hydrogens is 397 g/mol. The zero-order valence-corrected chi connectivity index (χ0v) is 17.1. The van der Waals surface area contributed by atoms with Crippen LogP contribution in [0.5, 0.6) is 0 Å². The Bertz CT molecular complexity index is 912. The van der Waals surface area contributed by atoms with Gasteiger partial charge in [-0.2, -0.15) is 0 Å². The Labute approximate surface area is 171 Å². The van der Waals surface area contributed by atoms with Crippen LogP contribution in [0.4, 0.5) is 10.4 Å². The van der Waals surface area contributed by atoms with Gasteiger partial charge in [0.15, 0.2) is 0 Å². The highest BCUT2D eigenvalue weighted by Gasteiger charge is 2.11. The Hall–Kier alpha value is -2.32. The lowest BCUT2D eigenvalue weighted by Gasteiger charge is -2.05. The van der Waals surface area contributed by atoms with Crippen molar-refractivity contribution in [2.45, 2.75) is 35.3 Å². The van der Waals surface area contributed by atoms with Crippen LogP contribution in [0.3, 0.4) is 0 Å². The number of hydrogen-bond acceptors (Lipinski definition) is 6. The van der Waals surface area contributed by atoms with E-state index < -0.39 is 0 Å². The Morgan fingerprint density at radius 2 is 1.75 bits per heavy atom. The second-order valence-corrected chi connectivity index (χ2v) is 8.98. The molecular formula is C20H20FN3O2S2. The highest BCUT2D eigenvalue weighted by molar-refractivity contribution is 8.00. The third kappa shape index (κ3) is 6.38. The van der Waals surface area contributed by atoms with Crippen molar-refractivity contribution in [3.63, 3.8) is 0 Å². The number of nitrogens with one attached hydrogen (secondary N) is 1. The molecule has 3 rings (SSSR count). The first-order chi connectivity index (χ1) is 13.5. The molecule has 0 saturated heterocycles. The van der Waals surface area contributed by atoms with Gasteiger partial charge in [0, 0.05) is 15.0 Å². The fourth-order valence-corrected chi connectivity index (χ4v) is 3.88. The summed E-state index contributed by atoms with van der Waals surface area (Å²) >= 11 is 3.11. The molecule has 2 aromatic carbocycles. The van der Waals surface area contributed by atoms with Gasteiger partial charge in [-0.05, 0) is 42.0 Å². The second-order valence-electron chi connectivity index (χ2n) is 6.28. The highest BCUT2D eigenvalue weighted by atomic mass is 32.2. The maximum atomic E-state index is 12.9. The van der Waals surface area contributed by atoms with Crippen LogP contribution in [-0.4, -0.2) is 27.1 Å². The normalized spacial score (nSPS) is 11.0. The molecule has 1 amide bonds. The molecule has 0 atom stereocenters. The number of halogens is 1. The number of hydrogen-bond donors (Lipinski definition) is 1.